The van der Waals surface area contributed by atoms with Gasteiger partial charge in [0, 0.05) is 5.02 Å². The van der Waals surface area contributed by atoms with E-state index < -0.39 is 0 Å². The van der Waals surface area contributed by atoms with Crippen molar-refractivity contribution in [2.45, 2.75) is 19.4 Å². The summed E-state index contributed by atoms with van der Waals surface area (Å²) in [6.45, 7) is 2.03. The summed E-state index contributed by atoms with van der Waals surface area (Å²) in [5.41, 5.74) is 6.18. The maximum atomic E-state index is 6.28. The van der Waals surface area contributed by atoms with Crippen LogP contribution in [0, 0.1) is 6.92 Å². The highest BCUT2D eigenvalue weighted by molar-refractivity contribution is 6.31. The number of benzene rings is 2. The van der Waals surface area contributed by atoms with Crippen LogP contribution in [0.25, 0.3) is 0 Å². The lowest BCUT2D eigenvalue weighted by Crippen LogP contribution is -2.29. The quantitative estimate of drug-likeness (QED) is 0.655. The zero-order chi connectivity index (χ0) is 14.5. The molecule has 0 aliphatic heterocycles. The molecular weight excluding hydrogens is 272 g/mol. The molecule has 0 bridgehead atoms. The number of halogens is 1. The van der Waals surface area contributed by atoms with E-state index in [9.17, 15) is 0 Å². The number of rotatable bonds is 5. The molecule has 0 aliphatic rings. The third-order valence-electron chi connectivity index (χ3n) is 3.35. The number of hydrogen-bond donors (Lipinski definition) is 2. The number of nitrogens with one attached hydrogen (secondary N) is 1. The van der Waals surface area contributed by atoms with Crippen molar-refractivity contribution in [2.75, 3.05) is 7.11 Å². The van der Waals surface area contributed by atoms with Crippen LogP contribution in [0.15, 0.2) is 42.5 Å². The molecule has 3 nitrogen and oxygen atoms in total. The standard InChI is InChI=1S/C16H19ClN2O/c1-11-3-4-13(15(17)9-11)10-16(19-18)12-5-7-14(20-2)8-6-12/h3-9,16,19H,10,18H2,1-2H3. The Hall–Kier alpha value is -1.55. The second-order valence-electron chi connectivity index (χ2n) is 4.79. The number of hydrazine groups is 1. The van der Waals surface area contributed by atoms with Crippen LogP contribution in [0.3, 0.4) is 0 Å². The fraction of sp³-hybridized carbons (Fsp3) is 0.250. The third-order valence-corrected chi connectivity index (χ3v) is 3.70. The van der Waals surface area contributed by atoms with Gasteiger partial charge in [-0.3, -0.25) is 11.3 Å². The van der Waals surface area contributed by atoms with Gasteiger partial charge in [0.2, 0.25) is 0 Å². The van der Waals surface area contributed by atoms with E-state index in [1.807, 2.05) is 43.3 Å². The molecule has 1 unspecified atom stereocenters. The average molecular weight is 291 g/mol. The first-order chi connectivity index (χ1) is 9.63. The van der Waals surface area contributed by atoms with Gasteiger partial charge in [0.05, 0.1) is 13.2 Å². The maximum absolute atomic E-state index is 6.28. The van der Waals surface area contributed by atoms with Gasteiger partial charge in [-0.25, -0.2) is 0 Å². The molecule has 0 spiro atoms. The Bertz CT molecular complexity index is 569. The summed E-state index contributed by atoms with van der Waals surface area (Å²) in [5, 5.41) is 0.777. The predicted molar refractivity (Wildman–Crippen MR) is 83.0 cm³/mol. The number of methoxy groups -OCH3 is 1. The normalized spacial score (nSPS) is 12.2. The molecule has 0 aliphatic carbocycles. The van der Waals surface area contributed by atoms with Crippen LogP contribution in [0.2, 0.25) is 5.02 Å². The van der Waals surface area contributed by atoms with Crippen LogP contribution >= 0.6 is 11.6 Å². The fourth-order valence-electron chi connectivity index (χ4n) is 2.15. The van der Waals surface area contributed by atoms with E-state index in [2.05, 4.69) is 11.5 Å². The van der Waals surface area contributed by atoms with Gasteiger partial charge in [-0.1, -0.05) is 35.9 Å². The Labute approximate surface area is 124 Å². The lowest BCUT2D eigenvalue weighted by Gasteiger charge is -2.17. The van der Waals surface area contributed by atoms with Crippen molar-refractivity contribution in [1.82, 2.24) is 5.43 Å². The molecule has 0 heterocycles. The van der Waals surface area contributed by atoms with Crippen molar-refractivity contribution in [3.8, 4) is 5.75 Å². The summed E-state index contributed by atoms with van der Waals surface area (Å²) in [6, 6.07) is 14.0. The van der Waals surface area contributed by atoms with Crippen LogP contribution in [0.4, 0.5) is 0 Å². The van der Waals surface area contributed by atoms with Gasteiger partial charge >= 0.3 is 0 Å². The highest BCUT2D eigenvalue weighted by atomic mass is 35.5. The zero-order valence-corrected chi connectivity index (χ0v) is 12.4. The molecular formula is C16H19ClN2O. The third kappa shape index (κ3) is 3.51. The van der Waals surface area contributed by atoms with Crippen molar-refractivity contribution in [3.05, 3.63) is 64.2 Å². The van der Waals surface area contributed by atoms with Crippen molar-refractivity contribution >= 4 is 11.6 Å². The Balaban J connectivity index is 2.19. The molecule has 2 aromatic rings. The summed E-state index contributed by atoms with van der Waals surface area (Å²) in [5.74, 6) is 6.51. The van der Waals surface area contributed by atoms with Crippen LogP contribution in [0.5, 0.6) is 5.75 Å². The van der Waals surface area contributed by atoms with Crippen LogP contribution < -0.4 is 16.0 Å². The SMILES string of the molecule is COc1ccc(C(Cc2ccc(C)cc2Cl)NN)cc1. The van der Waals surface area contributed by atoms with Crippen LogP contribution in [-0.2, 0) is 6.42 Å². The first kappa shape index (κ1) is 14.9. The van der Waals surface area contributed by atoms with E-state index in [0.29, 0.717) is 0 Å². The van der Waals surface area contributed by atoms with Crippen molar-refractivity contribution in [3.63, 3.8) is 0 Å². The molecule has 0 saturated carbocycles. The largest absolute Gasteiger partial charge is 0.497 e. The average Bonchev–Trinajstić information content (AvgIpc) is 2.47. The molecule has 1 atom stereocenters. The lowest BCUT2D eigenvalue weighted by atomic mass is 9.98. The number of aryl methyl sites for hydroxylation is 1. The molecule has 20 heavy (non-hydrogen) atoms. The van der Waals surface area contributed by atoms with Gasteiger partial charge in [0.15, 0.2) is 0 Å². The number of nitrogens with two attached hydrogens (primary N) is 1. The Morgan fingerprint density at radius 1 is 1.20 bits per heavy atom. The highest BCUT2D eigenvalue weighted by Crippen LogP contribution is 2.25. The summed E-state index contributed by atoms with van der Waals surface area (Å²) >= 11 is 6.28. The summed E-state index contributed by atoms with van der Waals surface area (Å²) in [7, 11) is 1.65. The molecule has 0 saturated heterocycles. The van der Waals surface area contributed by atoms with Gasteiger partial charge in [-0.05, 0) is 48.2 Å². The monoisotopic (exact) mass is 290 g/mol. The topological polar surface area (TPSA) is 47.3 Å². The van der Waals surface area contributed by atoms with Crippen molar-refractivity contribution in [1.29, 1.82) is 0 Å². The van der Waals surface area contributed by atoms with Gasteiger partial charge < -0.3 is 4.74 Å². The molecule has 0 fully saturated rings. The minimum atomic E-state index is 0.0149. The fourth-order valence-corrected chi connectivity index (χ4v) is 2.46. The second-order valence-corrected chi connectivity index (χ2v) is 5.20. The predicted octanol–water partition coefficient (Wildman–Crippen LogP) is 3.40. The molecule has 0 amide bonds. The van der Waals surface area contributed by atoms with E-state index in [4.69, 9.17) is 22.2 Å². The zero-order valence-electron chi connectivity index (χ0n) is 11.7. The van der Waals surface area contributed by atoms with E-state index >= 15 is 0 Å². The van der Waals surface area contributed by atoms with E-state index in [1.54, 1.807) is 7.11 Å². The van der Waals surface area contributed by atoms with Crippen molar-refractivity contribution < 1.29 is 4.74 Å². The smallest absolute Gasteiger partial charge is 0.118 e. The molecule has 106 valence electrons. The van der Waals surface area contributed by atoms with Gasteiger partial charge in [0.25, 0.3) is 0 Å². The first-order valence-corrected chi connectivity index (χ1v) is 6.87. The molecule has 0 aromatic heterocycles. The Morgan fingerprint density at radius 3 is 2.45 bits per heavy atom. The van der Waals surface area contributed by atoms with Gasteiger partial charge in [0.1, 0.15) is 5.75 Å². The van der Waals surface area contributed by atoms with E-state index in [0.717, 1.165) is 33.9 Å². The van der Waals surface area contributed by atoms with E-state index in [1.165, 1.54) is 0 Å². The molecule has 2 aromatic carbocycles. The van der Waals surface area contributed by atoms with Gasteiger partial charge in [-0.15, -0.1) is 0 Å². The van der Waals surface area contributed by atoms with E-state index in [-0.39, 0.29) is 6.04 Å². The minimum absolute atomic E-state index is 0.0149. The maximum Gasteiger partial charge on any atom is 0.118 e. The molecule has 0 radical (unpaired) electrons. The highest BCUT2D eigenvalue weighted by Gasteiger charge is 2.12. The lowest BCUT2D eigenvalue weighted by molar-refractivity contribution is 0.414. The number of hydrogen-bond acceptors (Lipinski definition) is 3. The summed E-state index contributed by atoms with van der Waals surface area (Å²) in [6.07, 6.45) is 0.738. The molecule has 4 heteroatoms. The minimum Gasteiger partial charge on any atom is -0.497 e. The van der Waals surface area contributed by atoms with Gasteiger partial charge in [-0.2, -0.15) is 0 Å². The summed E-state index contributed by atoms with van der Waals surface area (Å²) in [4.78, 5) is 0. The molecule has 2 rings (SSSR count). The van der Waals surface area contributed by atoms with Crippen LogP contribution in [0.1, 0.15) is 22.7 Å². The van der Waals surface area contributed by atoms with Crippen molar-refractivity contribution in [2.24, 2.45) is 5.84 Å². The van der Waals surface area contributed by atoms with Crippen LogP contribution in [-0.4, -0.2) is 7.11 Å². The number of ether oxygens (including phenoxy) is 1. The first-order valence-electron chi connectivity index (χ1n) is 6.49. The Morgan fingerprint density at radius 2 is 1.90 bits per heavy atom. The molecule has 3 N–H and O–H groups in total. The summed E-state index contributed by atoms with van der Waals surface area (Å²) < 4.78 is 5.16. The Kier molecular flexibility index (Phi) is 5.01. The second kappa shape index (κ2) is 6.75.